The van der Waals surface area contributed by atoms with Gasteiger partial charge in [-0.25, -0.2) is 0 Å². The fourth-order valence-corrected chi connectivity index (χ4v) is 3.62. The number of nitrogens with zero attached hydrogens (tertiary/aromatic N) is 3. The van der Waals surface area contributed by atoms with Crippen molar-refractivity contribution in [3.63, 3.8) is 0 Å². The number of hydrogen-bond acceptors (Lipinski definition) is 6. The molecule has 2 aliphatic rings. The predicted molar refractivity (Wildman–Crippen MR) is 85.1 cm³/mol. The predicted octanol–water partition coefficient (Wildman–Crippen LogP) is 1.07. The van der Waals surface area contributed by atoms with Gasteiger partial charge in [0.05, 0.1) is 18.2 Å². The summed E-state index contributed by atoms with van der Waals surface area (Å²) in [5.41, 5.74) is 0.215. The van der Waals surface area contributed by atoms with E-state index in [0.29, 0.717) is 25.4 Å². The van der Waals surface area contributed by atoms with Gasteiger partial charge < -0.3 is 15.0 Å². The first-order valence-corrected chi connectivity index (χ1v) is 8.83. The molecule has 1 unspecified atom stereocenters. The molecule has 2 amide bonds. The fourth-order valence-electron chi connectivity index (χ4n) is 3.19. The monoisotopic (exact) mass is 338 g/mol. The van der Waals surface area contributed by atoms with Gasteiger partial charge in [0.1, 0.15) is 0 Å². The Labute approximate surface area is 139 Å². The van der Waals surface area contributed by atoms with E-state index in [1.54, 1.807) is 5.38 Å². The maximum Gasteiger partial charge on any atom is 0.275 e. The van der Waals surface area contributed by atoms with Crippen molar-refractivity contribution in [1.82, 2.24) is 19.8 Å². The van der Waals surface area contributed by atoms with Gasteiger partial charge >= 0.3 is 0 Å². The number of hydrogen-bond donors (Lipinski definition) is 1. The summed E-state index contributed by atoms with van der Waals surface area (Å²) in [6, 6.07) is 0.0786. The highest BCUT2D eigenvalue weighted by Crippen LogP contribution is 2.36. The Morgan fingerprint density at radius 1 is 1.43 bits per heavy atom. The Balaban J connectivity index is 1.53. The van der Waals surface area contributed by atoms with Gasteiger partial charge in [-0.05, 0) is 30.8 Å². The van der Waals surface area contributed by atoms with Crippen LogP contribution in [0.4, 0.5) is 0 Å². The zero-order valence-electron chi connectivity index (χ0n) is 13.4. The van der Waals surface area contributed by atoms with Gasteiger partial charge in [-0.2, -0.15) is 0 Å². The zero-order valence-corrected chi connectivity index (χ0v) is 14.3. The maximum absolute atomic E-state index is 12.3. The van der Waals surface area contributed by atoms with Crippen LogP contribution >= 0.6 is 11.5 Å². The van der Waals surface area contributed by atoms with E-state index in [-0.39, 0.29) is 29.4 Å². The fraction of sp³-hybridized carbons (Fsp3) is 0.733. The SMILES string of the molecule is CC(C)C(=O)NC1COC2(CCN(C(=O)c3csnn3)CC2)C1. The van der Waals surface area contributed by atoms with Crippen molar-refractivity contribution in [1.29, 1.82) is 0 Å². The normalized spacial score (nSPS) is 23.4. The van der Waals surface area contributed by atoms with Crippen LogP contribution in [0.2, 0.25) is 0 Å². The Morgan fingerprint density at radius 3 is 2.78 bits per heavy atom. The average molecular weight is 338 g/mol. The standard InChI is InChI=1S/C15H22N4O3S/c1-10(2)13(20)16-11-7-15(22-8-11)3-5-19(6-4-15)14(21)12-9-23-18-17-12/h9-11H,3-8H2,1-2H3,(H,16,20). The van der Waals surface area contributed by atoms with Crippen LogP contribution in [0.1, 0.15) is 43.6 Å². The molecule has 0 radical (unpaired) electrons. The summed E-state index contributed by atoms with van der Waals surface area (Å²) in [5.74, 6) is -0.00621. The van der Waals surface area contributed by atoms with Crippen LogP contribution in [-0.4, -0.2) is 57.6 Å². The lowest BCUT2D eigenvalue weighted by molar-refractivity contribution is -0.124. The first-order chi connectivity index (χ1) is 11.0. The number of ether oxygens (including phenoxy) is 1. The van der Waals surface area contributed by atoms with Crippen LogP contribution in [0.5, 0.6) is 0 Å². The summed E-state index contributed by atoms with van der Waals surface area (Å²) in [4.78, 5) is 25.9. The molecule has 0 aromatic carbocycles. The third-order valence-electron chi connectivity index (χ3n) is 4.62. The number of nitrogens with one attached hydrogen (secondary N) is 1. The molecule has 2 aliphatic heterocycles. The van der Waals surface area contributed by atoms with Crippen molar-refractivity contribution in [3.05, 3.63) is 11.1 Å². The second-order valence-electron chi connectivity index (χ2n) is 6.64. The third kappa shape index (κ3) is 3.53. The molecule has 3 rings (SSSR count). The molecule has 0 aliphatic carbocycles. The molecule has 1 aromatic heterocycles. The summed E-state index contributed by atoms with van der Waals surface area (Å²) in [6.45, 7) is 5.64. The van der Waals surface area contributed by atoms with Crippen LogP contribution in [0.25, 0.3) is 0 Å². The van der Waals surface area contributed by atoms with Crippen molar-refractivity contribution in [2.75, 3.05) is 19.7 Å². The molecule has 1 spiro atoms. The first-order valence-electron chi connectivity index (χ1n) is 8.00. The molecular formula is C15H22N4O3S. The summed E-state index contributed by atoms with van der Waals surface area (Å²) in [6.07, 6.45) is 2.42. The molecule has 1 N–H and O–H groups in total. The second-order valence-corrected chi connectivity index (χ2v) is 7.25. The van der Waals surface area contributed by atoms with Crippen LogP contribution in [0.3, 0.4) is 0 Å². The lowest BCUT2D eigenvalue weighted by Crippen LogP contribution is -2.47. The van der Waals surface area contributed by atoms with Gasteiger partial charge in [0.25, 0.3) is 5.91 Å². The van der Waals surface area contributed by atoms with Crippen molar-refractivity contribution < 1.29 is 14.3 Å². The number of piperidine rings is 1. The molecule has 0 bridgehead atoms. The summed E-state index contributed by atoms with van der Waals surface area (Å²) in [5, 5.41) is 8.56. The van der Waals surface area contributed by atoms with Gasteiger partial charge in [0.15, 0.2) is 5.69 Å². The largest absolute Gasteiger partial charge is 0.373 e. The third-order valence-corrected chi connectivity index (χ3v) is 5.13. The highest BCUT2D eigenvalue weighted by Gasteiger charge is 2.44. The molecule has 2 saturated heterocycles. The minimum Gasteiger partial charge on any atom is -0.373 e. The summed E-state index contributed by atoms with van der Waals surface area (Å²) in [7, 11) is 0. The van der Waals surface area contributed by atoms with E-state index in [1.165, 1.54) is 11.5 Å². The quantitative estimate of drug-likeness (QED) is 0.891. The van der Waals surface area contributed by atoms with Crippen molar-refractivity contribution in [2.24, 2.45) is 5.92 Å². The first kappa shape index (κ1) is 16.3. The molecule has 2 fully saturated rings. The minimum absolute atomic E-state index is 0.0160. The van der Waals surface area contributed by atoms with Crippen LogP contribution in [0, 0.1) is 5.92 Å². The average Bonchev–Trinajstić information content (AvgIpc) is 3.18. The van der Waals surface area contributed by atoms with E-state index < -0.39 is 0 Å². The van der Waals surface area contributed by atoms with E-state index in [0.717, 1.165) is 19.3 Å². The van der Waals surface area contributed by atoms with Crippen molar-refractivity contribution in [3.8, 4) is 0 Å². The van der Waals surface area contributed by atoms with Crippen LogP contribution in [0.15, 0.2) is 5.38 Å². The zero-order chi connectivity index (χ0) is 16.4. The van der Waals surface area contributed by atoms with Gasteiger partial charge in [0, 0.05) is 24.4 Å². The molecule has 0 saturated carbocycles. The summed E-state index contributed by atoms with van der Waals surface area (Å²) < 4.78 is 9.75. The van der Waals surface area contributed by atoms with E-state index in [9.17, 15) is 9.59 Å². The molecule has 23 heavy (non-hydrogen) atoms. The number of amides is 2. The van der Waals surface area contributed by atoms with E-state index in [2.05, 4.69) is 14.9 Å². The Bertz CT molecular complexity index is 567. The molecule has 1 aromatic rings. The molecular weight excluding hydrogens is 316 g/mol. The Morgan fingerprint density at radius 2 is 2.17 bits per heavy atom. The summed E-state index contributed by atoms with van der Waals surface area (Å²) >= 11 is 1.19. The number of carbonyl (C=O) groups is 2. The van der Waals surface area contributed by atoms with Crippen LogP contribution in [-0.2, 0) is 9.53 Å². The maximum atomic E-state index is 12.3. The molecule has 3 heterocycles. The van der Waals surface area contributed by atoms with Gasteiger partial charge in [-0.1, -0.05) is 18.3 Å². The van der Waals surface area contributed by atoms with E-state index in [4.69, 9.17) is 4.74 Å². The van der Waals surface area contributed by atoms with Gasteiger partial charge in [-0.15, -0.1) is 5.10 Å². The van der Waals surface area contributed by atoms with E-state index in [1.807, 2.05) is 18.7 Å². The molecule has 1 atom stereocenters. The van der Waals surface area contributed by atoms with Gasteiger partial charge in [0.2, 0.25) is 5.91 Å². The topological polar surface area (TPSA) is 84.4 Å². The highest BCUT2D eigenvalue weighted by molar-refractivity contribution is 7.03. The number of carbonyl (C=O) groups excluding carboxylic acids is 2. The van der Waals surface area contributed by atoms with Gasteiger partial charge in [-0.3, -0.25) is 9.59 Å². The lowest BCUT2D eigenvalue weighted by Gasteiger charge is -2.38. The number of likely N-dealkylation sites (tertiary alicyclic amines) is 1. The Kier molecular flexibility index (Phi) is 4.63. The lowest BCUT2D eigenvalue weighted by atomic mass is 9.87. The molecule has 7 nitrogen and oxygen atoms in total. The second kappa shape index (κ2) is 6.52. The molecule has 8 heteroatoms. The Hall–Kier alpha value is -1.54. The minimum atomic E-state index is -0.202. The van der Waals surface area contributed by atoms with Crippen molar-refractivity contribution >= 4 is 23.3 Å². The highest BCUT2D eigenvalue weighted by atomic mass is 32.1. The smallest absolute Gasteiger partial charge is 0.275 e. The van der Waals surface area contributed by atoms with E-state index >= 15 is 0 Å². The number of rotatable bonds is 3. The van der Waals surface area contributed by atoms with Crippen LogP contribution < -0.4 is 5.32 Å². The number of aromatic nitrogens is 2. The molecule has 126 valence electrons. The van der Waals surface area contributed by atoms with Crippen molar-refractivity contribution in [2.45, 2.75) is 44.8 Å².